The molecule has 0 bridgehead atoms. The molecule has 0 amide bonds. The van der Waals surface area contributed by atoms with Crippen molar-refractivity contribution < 1.29 is 0 Å². The highest BCUT2D eigenvalue weighted by atomic mass is 35.5. The monoisotopic (exact) mass is 255 g/mol. The van der Waals surface area contributed by atoms with Crippen molar-refractivity contribution in [1.29, 1.82) is 0 Å². The van der Waals surface area contributed by atoms with Gasteiger partial charge in [0.1, 0.15) is 0 Å². The minimum absolute atomic E-state index is 0.814. The molecule has 2 rings (SSSR count). The van der Waals surface area contributed by atoms with E-state index in [1.165, 1.54) is 37.9 Å². The molecule has 1 aromatic carbocycles. The molecule has 88 valence electrons. The molecule has 0 radical (unpaired) electrons. The first-order valence-corrected chi connectivity index (χ1v) is 7.34. The van der Waals surface area contributed by atoms with Crippen molar-refractivity contribution in [3.8, 4) is 0 Å². The van der Waals surface area contributed by atoms with Crippen molar-refractivity contribution >= 4 is 23.4 Å². The van der Waals surface area contributed by atoms with Crippen molar-refractivity contribution in [3.63, 3.8) is 0 Å². The summed E-state index contributed by atoms with van der Waals surface area (Å²) in [6.45, 7) is 2.36. The van der Waals surface area contributed by atoms with E-state index in [2.05, 4.69) is 29.2 Å². The first-order valence-electron chi connectivity index (χ1n) is 5.91. The summed E-state index contributed by atoms with van der Waals surface area (Å²) in [7, 11) is 0. The molecule has 1 aromatic rings. The zero-order chi connectivity index (χ0) is 11.2. The predicted octanol–water partition coefficient (Wildman–Crippen LogP) is 3.72. The van der Waals surface area contributed by atoms with E-state index < -0.39 is 0 Å². The average molecular weight is 256 g/mol. The lowest BCUT2D eigenvalue weighted by atomic mass is 10.2. The van der Waals surface area contributed by atoms with Gasteiger partial charge in [0.05, 0.1) is 0 Å². The predicted molar refractivity (Wildman–Crippen MR) is 73.3 cm³/mol. The summed E-state index contributed by atoms with van der Waals surface area (Å²) in [6.07, 6.45) is 3.96. The molecule has 1 heterocycles. The van der Waals surface area contributed by atoms with Gasteiger partial charge in [-0.3, -0.25) is 0 Å². The second-order valence-corrected chi connectivity index (χ2v) is 5.97. The number of rotatable bonds is 3. The van der Waals surface area contributed by atoms with Gasteiger partial charge in [0, 0.05) is 16.0 Å². The second-order valence-electron chi connectivity index (χ2n) is 4.24. The summed E-state index contributed by atoms with van der Waals surface area (Å²) in [5.74, 6) is 1.09. The van der Waals surface area contributed by atoms with Crippen LogP contribution in [0.3, 0.4) is 0 Å². The molecule has 1 N–H and O–H groups in total. The molecule has 1 aliphatic heterocycles. The van der Waals surface area contributed by atoms with Gasteiger partial charge >= 0.3 is 0 Å². The topological polar surface area (TPSA) is 12.0 Å². The Morgan fingerprint density at radius 2 is 2.25 bits per heavy atom. The third-order valence-corrected chi connectivity index (χ3v) is 4.58. The first-order chi connectivity index (χ1) is 7.84. The maximum Gasteiger partial charge on any atom is 0.0409 e. The minimum atomic E-state index is 0.814. The van der Waals surface area contributed by atoms with Gasteiger partial charge in [-0.05, 0) is 50.0 Å². The highest BCUT2D eigenvalue weighted by Crippen LogP contribution is 2.25. The van der Waals surface area contributed by atoms with E-state index in [0.29, 0.717) is 0 Å². The number of thioether (sulfide) groups is 1. The Balaban J connectivity index is 1.81. The van der Waals surface area contributed by atoms with E-state index in [0.717, 1.165) is 16.0 Å². The van der Waals surface area contributed by atoms with Crippen molar-refractivity contribution in [3.05, 3.63) is 34.9 Å². The molecule has 1 atom stereocenters. The first kappa shape index (κ1) is 12.3. The van der Waals surface area contributed by atoms with Gasteiger partial charge in [-0.2, -0.15) is 11.8 Å². The lowest BCUT2D eigenvalue weighted by molar-refractivity contribution is 0.703. The quantitative estimate of drug-likeness (QED) is 0.884. The highest BCUT2D eigenvalue weighted by Gasteiger charge is 2.12. The van der Waals surface area contributed by atoms with Crippen molar-refractivity contribution in [2.45, 2.75) is 30.3 Å². The van der Waals surface area contributed by atoms with Crippen LogP contribution in [-0.2, 0) is 5.75 Å². The fourth-order valence-electron chi connectivity index (χ4n) is 1.99. The molecular weight excluding hydrogens is 238 g/mol. The number of halogens is 1. The molecule has 1 saturated heterocycles. The molecule has 1 aliphatic rings. The van der Waals surface area contributed by atoms with Crippen molar-refractivity contribution in [2.24, 2.45) is 0 Å². The van der Waals surface area contributed by atoms with Gasteiger partial charge < -0.3 is 5.32 Å². The van der Waals surface area contributed by atoms with Crippen LogP contribution >= 0.6 is 23.4 Å². The van der Waals surface area contributed by atoms with Crippen LogP contribution in [0.25, 0.3) is 0 Å². The molecule has 1 nitrogen and oxygen atoms in total. The maximum atomic E-state index is 5.97. The van der Waals surface area contributed by atoms with Crippen LogP contribution in [0.2, 0.25) is 5.02 Å². The second kappa shape index (κ2) is 6.53. The Bertz CT molecular complexity index is 321. The maximum absolute atomic E-state index is 5.97. The lowest BCUT2D eigenvalue weighted by Crippen LogP contribution is -2.14. The zero-order valence-electron chi connectivity index (χ0n) is 9.42. The third kappa shape index (κ3) is 4.00. The fraction of sp³-hybridized carbons (Fsp3) is 0.538. The molecular formula is C13H18ClNS. The lowest BCUT2D eigenvalue weighted by Gasteiger charge is -2.13. The summed E-state index contributed by atoms with van der Waals surface area (Å²) < 4.78 is 0. The van der Waals surface area contributed by atoms with Gasteiger partial charge in [-0.15, -0.1) is 0 Å². The number of hydrogen-bond donors (Lipinski definition) is 1. The van der Waals surface area contributed by atoms with Gasteiger partial charge in [0.15, 0.2) is 0 Å². The summed E-state index contributed by atoms with van der Waals surface area (Å²) in [5.41, 5.74) is 1.34. The van der Waals surface area contributed by atoms with Crippen molar-refractivity contribution in [1.82, 2.24) is 5.32 Å². The SMILES string of the molecule is Clc1cccc(CSC2CCCNCC2)c1. The zero-order valence-corrected chi connectivity index (χ0v) is 11.0. The normalized spacial score (nSPS) is 21.7. The van der Waals surface area contributed by atoms with Crippen molar-refractivity contribution in [2.75, 3.05) is 13.1 Å². The molecule has 16 heavy (non-hydrogen) atoms. The summed E-state index contributed by atoms with van der Waals surface area (Å²) in [6, 6.07) is 8.20. The Kier molecular flexibility index (Phi) is 5.01. The molecule has 0 spiro atoms. The minimum Gasteiger partial charge on any atom is -0.317 e. The summed E-state index contributed by atoms with van der Waals surface area (Å²) in [4.78, 5) is 0. The Hall–Kier alpha value is -0.180. The average Bonchev–Trinajstić information content (AvgIpc) is 2.55. The molecule has 0 aromatic heterocycles. The Labute approximate surface area is 107 Å². The molecule has 0 saturated carbocycles. The van der Waals surface area contributed by atoms with Gasteiger partial charge in [0.2, 0.25) is 0 Å². The van der Waals surface area contributed by atoms with Crippen LogP contribution in [-0.4, -0.2) is 18.3 Å². The number of benzene rings is 1. The van der Waals surface area contributed by atoms with Crippen LogP contribution in [0.1, 0.15) is 24.8 Å². The standard InChI is InChI=1S/C13H18ClNS/c14-12-4-1-3-11(9-12)10-16-13-5-2-7-15-8-6-13/h1,3-4,9,13,15H,2,5-8,10H2. The number of hydrogen-bond acceptors (Lipinski definition) is 2. The Morgan fingerprint density at radius 1 is 1.31 bits per heavy atom. The van der Waals surface area contributed by atoms with Gasteiger partial charge in [-0.25, -0.2) is 0 Å². The molecule has 3 heteroatoms. The van der Waals surface area contributed by atoms with E-state index in [9.17, 15) is 0 Å². The highest BCUT2D eigenvalue weighted by molar-refractivity contribution is 7.99. The van der Waals surface area contributed by atoms with E-state index in [4.69, 9.17) is 11.6 Å². The van der Waals surface area contributed by atoms with E-state index in [1.54, 1.807) is 0 Å². The molecule has 1 unspecified atom stereocenters. The van der Waals surface area contributed by atoms with Gasteiger partial charge in [-0.1, -0.05) is 23.7 Å². The summed E-state index contributed by atoms with van der Waals surface area (Å²) in [5, 5.41) is 5.11. The molecule has 1 fully saturated rings. The largest absolute Gasteiger partial charge is 0.317 e. The van der Waals surface area contributed by atoms with Crippen LogP contribution in [0.15, 0.2) is 24.3 Å². The van der Waals surface area contributed by atoms with Crippen LogP contribution < -0.4 is 5.32 Å². The third-order valence-electron chi connectivity index (χ3n) is 2.90. The summed E-state index contributed by atoms with van der Waals surface area (Å²) >= 11 is 8.05. The van der Waals surface area contributed by atoms with E-state index in [-0.39, 0.29) is 0 Å². The number of nitrogens with one attached hydrogen (secondary N) is 1. The van der Waals surface area contributed by atoms with Crippen LogP contribution in [0.5, 0.6) is 0 Å². The van der Waals surface area contributed by atoms with Crippen LogP contribution in [0, 0.1) is 0 Å². The van der Waals surface area contributed by atoms with E-state index >= 15 is 0 Å². The van der Waals surface area contributed by atoms with Gasteiger partial charge in [0.25, 0.3) is 0 Å². The fourth-order valence-corrected chi connectivity index (χ4v) is 3.43. The molecule has 0 aliphatic carbocycles. The smallest absolute Gasteiger partial charge is 0.0409 e. The Morgan fingerprint density at radius 3 is 3.12 bits per heavy atom. The van der Waals surface area contributed by atoms with Crippen LogP contribution in [0.4, 0.5) is 0 Å². The van der Waals surface area contributed by atoms with E-state index in [1.807, 2.05) is 12.1 Å².